The van der Waals surface area contributed by atoms with E-state index in [0.717, 1.165) is 13.0 Å². The van der Waals surface area contributed by atoms with Crippen molar-refractivity contribution >= 4 is 5.97 Å². The summed E-state index contributed by atoms with van der Waals surface area (Å²) in [6.45, 7) is 17.2. The van der Waals surface area contributed by atoms with Crippen LogP contribution in [0.15, 0.2) is 0 Å². The van der Waals surface area contributed by atoms with Crippen LogP contribution in [0, 0.1) is 0 Å². The van der Waals surface area contributed by atoms with Gasteiger partial charge in [0.25, 0.3) is 0 Å². The van der Waals surface area contributed by atoms with Gasteiger partial charge in [0.15, 0.2) is 0 Å². The molecule has 0 radical (unpaired) electrons. The van der Waals surface area contributed by atoms with Crippen molar-refractivity contribution in [1.82, 2.24) is 0 Å². The highest BCUT2D eigenvalue weighted by atomic mass is 16.6. The summed E-state index contributed by atoms with van der Waals surface area (Å²) >= 11 is 0. The Balaban J connectivity index is 3.09. The molecule has 0 bridgehead atoms. The second-order valence-electron chi connectivity index (χ2n) is 9.55. The topological polar surface area (TPSA) is 109 Å². The van der Waals surface area contributed by atoms with E-state index in [1.807, 2.05) is 20.8 Å². The van der Waals surface area contributed by atoms with Crippen LogP contribution in [-0.2, 0) is 52.2 Å². The summed E-state index contributed by atoms with van der Waals surface area (Å²) in [5.41, 5.74) is -0.467. The monoisotopic (exact) mass is 568 g/mol. The third-order valence-corrected chi connectivity index (χ3v) is 4.74. The van der Waals surface area contributed by atoms with Crippen LogP contribution in [0.4, 0.5) is 0 Å². The molecule has 11 nitrogen and oxygen atoms in total. The Bertz CT molecular complexity index is 500. The van der Waals surface area contributed by atoms with Crippen molar-refractivity contribution in [3.05, 3.63) is 0 Å². The molecular weight excluding hydrogens is 512 g/mol. The molecule has 234 valence electrons. The molecule has 0 rings (SSSR count). The standard InChI is InChI=1S/C28H56O11/c1-5-6-7-9-30-11-13-32-15-17-34-19-21-36-23-25-38-26-24-37-22-20-35-18-16-33-14-12-31-10-8-27(29)39-28(2,3)4/h5-26H2,1-4H3. The van der Waals surface area contributed by atoms with Crippen LogP contribution >= 0.6 is 0 Å². The maximum atomic E-state index is 11.5. The predicted molar refractivity (Wildman–Crippen MR) is 147 cm³/mol. The summed E-state index contributed by atoms with van der Waals surface area (Å²) in [6.07, 6.45) is 3.78. The summed E-state index contributed by atoms with van der Waals surface area (Å²) in [4.78, 5) is 11.5. The van der Waals surface area contributed by atoms with Gasteiger partial charge in [-0.3, -0.25) is 4.79 Å². The van der Waals surface area contributed by atoms with Crippen LogP contribution in [-0.4, -0.2) is 130 Å². The van der Waals surface area contributed by atoms with E-state index in [9.17, 15) is 4.79 Å². The number of rotatable bonds is 31. The molecule has 0 N–H and O–H groups in total. The van der Waals surface area contributed by atoms with E-state index in [2.05, 4.69) is 6.92 Å². The van der Waals surface area contributed by atoms with Crippen molar-refractivity contribution in [2.75, 3.05) is 119 Å². The van der Waals surface area contributed by atoms with Gasteiger partial charge >= 0.3 is 5.97 Å². The lowest BCUT2D eigenvalue weighted by molar-refractivity contribution is -0.156. The van der Waals surface area contributed by atoms with Gasteiger partial charge in [-0.1, -0.05) is 19.8 Å². The summed E-state index contributed by atoms with van der Waals surface area (Å²) in [5, 5.41) is 0. The number of hydrogen-bond acceptors (Lipinski definition) is 11. The van der Waals surface area contributed by atoms with Crippen LogP contribution < -0.4 is 0 Å². The van der Waals surface area contributed by atoms with E-state index in [0.29, 0.717) is 112 Å². The molecule has 0 aromatic heterocycles. The zero-order chi connectivity index (χ0) is 28.7. The Hall–Kier alpha value is -0.890. The summed E-state index contributed by atoms with van der Waals surface area (Å²) in [6, 6.07) is 0. The van der Waals surface area contributed by atoms with Gasteiger partial charge in [-0.15, -0.1) is 0 Å². The molecule has 0 aliphatic heterocycles. The number of carbonyl (C=O) groups excluding carboxylic acids is 1. The van der Waals surface area contributed by atoms with Gasteiger partial charge in [0.2, 0.25) is 0 Å². The smallest absolute Gasteiger partial charge is 0.308 e. The molecule has 0 fully saturated rings. The van der Waals surface area contributed by atoms with Gasteiger partial charge < -0.3 is 47.4 Å². The Morgan fingerprint density at radius 1 is 0.436 bits per heavy atom. The molecule has 0 saturated heterocycles. The lowest BCUT2D eigenvalue weighted by atomic mass is 10.2. The first-order valence-electron chi connectivity index (χ1n) is 14.4. The van der Waals surface area contributed by atoms with Crippen LogP contribution in [0.2, 0.25) is 0 Å². The third-order valence-electron chi connectivity index (χ3n) is 4.74. The molecule has 0 spiro atoms. The first-order valence-corrected chi connectivity index (χ1v) is 14.4. The fraction of sp³-hybridized carbons (Fsp3) is 0.964. The van der Waals surface area contributed by atoms with E-state index in [1.54, 1.807) is 0 Å². The van der Waals surface area contributed by atoms with Crippen molar-refractivity contribution in [1.29, 1.82) is 0 Å². The molecule has 0 unspecified atom stereocenters. The Labute approximate surface area is 236 Å². The van der Waals surface area contributed by atoms with Gasteiger partial charge in [0.1, 0.15) is 5.60 Å². The number of unbranched alkanes of at least 4 members (excludes halogenated alkanes) is 2. The predicted octanol–water partition coefficient (Wildman–Crippen LogP) is 3.06. The minimum atomic E-state index is -0.467. The first-order chi connectivity index (χ1) is 19.0. The van der Waals surface area contributed by atoms with Gasteiger partial charge in [0.05, 0.1) is 119 Å². The second-order valence-corrected chi connectivity index (χ2v) is 9.55. The summed E-state index contributed by atoms with van der Waals surface area (Å²) < 4.78 is 54.2. The minimum absolute atomic E-state index is 0.238. The quantitative estimate of drug-likeness (QED) is 0.0909. The highest BCUT2D eigenvalue weighted by Gasteiger charge is 2.15. The molecule has 0 aromatic rings. The maximum absolute atomic E-state index is 11.5. The van der Waals surface area contributed by atoms with E-state index < -0.39 is 5.60 Å². The van der Waals surface area contributed by atoms with Crippen molar-refractivity contribution in [3.63, 3.8) is 0 Å². The molecule has 0 amide bonds. The Morgan fingerprint density at radius 3 is 1.00 bits per heavy atom. The zero-order valence-electron chi connectivity index (χ0n) is 25.0. The van der Waals surface area contributed by atoms with Crippen LogP contribution in [0.5, 0.6) is 0 Å². The molecule has 0 aliphatic carbocycles. The fourth-order valence-electron chi connectivity index (χ4n) is 2.86. The summed E-state index contributed by atoms with van der Waals surface area (Å²) in [5.74, 6) is -0.260. The molecule has 11 heteroatoms. The number of ether oxygens (including phenoxy) is 10. The maximum Gasteiger partial charge on any atom is 0.308 e. The highest BCUT2D eigenvalue weighted by molar-refractivity contribution is 5.69. The molecule has 0 aromatic carbocycles. The van der Waals surface area contributed by atoms with Crippen molar-refractivity contribution < 1.29 is 52.2 Å². The number of esters is 1. The molecular formula is C28H56O11. The average molecular weight is 569 g/mol. The minimum Gasteiger partial charge on any atom is -0.460 e. The number of carbonyl (C=O) groups is 1. The van der Waals surface area contributed by atoms with Gasteiger partial charge in [-0.25, -0.2) is 0 Å². The molecule has 0 atom stereocenters. The Morgan fingerprint density at radius 2 is 0.718 bits per heavy atom. The van der Waals surface area contributed by atoms with Gasteiger partial charge in [-0.2, -0.15) is 0 Å². The molecule has 0 heterocycles. The molecule has 0 aliphatic rings. The van der Waals surface area contributed by atoms with Crippen LogP contribution in [0.3, 0.4) is 0 Å². The largest absolute Gasteiger partial charge is 0.460 e. The molecule has 39 heavy (non-hydrogen) atoms. The normalized spacial score (nSPS) is 11.8. The first kappa shape index (κ1) is 38.1. The SMILES string of the molecule is CCCCCOCCOCCOCCOCCOCCOCCOCCOCCOCCC(=O)OC(C)(C)C. The van der Waals surface area contributed by atoms with E-state index in [4.69, 9.17) is 47.4 Å². The van der Waals surface area contributed by atoms with E-state index in [-0.39, 0.29) is 12.4 Å². The second kappa shape index (κ2) is 30.1. The lowest BCUT2D eigenvalue weighted by Crippen LogP contribution is -2.24. The average Bonchev–Trinajstić information content (AvgIpc) is 2.88. The summed E-state index contributed by atoms with van der Waals surface area (Å²) in [7, 11) is 0. The fourth-order valence-corrected chi connectivity index (χ4v) is 2.86. The van der Waals surface area contributed by atoms with E-state index >= 15 is 0 Å². The van der Waals surface area contributed by atoms with E-state index in [1.165, 1.54) is 12.8 Å². The van der Waals surface area contributed by atoms with Crippen molar-refractivity contribution in [2.45, 2.75) is 59.0 Å². The van der Waals surface area contributed by atoms with Crippen molar-refractivity contribution in [2.24, 2.45) is 0 Å². The third kappa shape index (κ3) is 35.1. The highest BCUT2D eigenvalue weighted by Crippen LogP contribution is 2.08. The van der Waals surface area contributed by atoms with Crippen LogP contribution in [0.25, 0.3) is 0 Å². The van der Waals surface area contributed by atoms with Gasteiger partial charge in [-0.05, 0) is 27.2 Å². The lowest BCUT2D eigenvalue weighted by Gasteiger charge is -2.19. The molecule has 0 saturated carbocycles. The van der Waals surface area contributed by atoms with Gasteiger partial charge in [0, 0.05) is 6.61 Å². The zero-order valence-corrected chi connectivity index (χ0v) is 25.0. The van der Waals surface area contributed by atoms with Crippen LogP contribution in [0.1, 0.15) is 53.4 Å². The Kier molecular flexibility index (Phi) is 29.4. The van der Waals surface area contributed by atoms with Crippen molar-refractivity contribution in [3.8, 4) is 0 Å². The number of hydrogen-bond donors (Lipinski definition) is 0.